The van der Waals surface area contributed by atoms with Crippen LogP contribution in [0.25, 0.3) is 0 Å². The molecule has 0 unspecified atom stereocenters. The largest absolute Gasteiger partial charge is 0.417 e. The first kappa shape index (κ1) is 16.9. The van der Waals surface area contributed by atoms with Gasteiger partial charge in [-0.2, -0.15) is 13.2 Å². The van der Waals surface area contributed by atoms with Gasteiger partial charge in [-0.25, -0.2) is 4.98 Å². The maximum atomic E-state index is 13.0. The predicted octanol–water partition coefficient (Wildman–Crippen LogP) is 3.70. The molecule has 1 aliphatic carbocycles. The van der Waals surface area contributed by atoms with Crippen LogP contribution in [-0.4, -0.2) is 16.8 Å². The van der Waals surface area contributed by atoms with Crippen LogP contribution in [-0.2, 0) is 11.0 Å². The van der Waals surface area contributed by atoms with Crippen LogP contribution in [0.1, 0.15) is 28.8 Å². The minimum Gasteiger partial charge on any atom is -0.322 e. The molecule has 1 saturated carbocycles. The van der Waals surface area contributed by atoms with Gasteiger partial charge in [0.15, 0.2) is 0 Å². The van der Waals surface area contributed by atoms with Gasteiger partial charge in [0.25, 0.3) is 5.91 Å². The van der Waals surface area contributed by atoms with Crippen LogP contribution < -0.4 is 10.6 Å². The molecule has 0 atom stereocenters. The Labute approximate surface area is 141 Å². The SMILES string of the molecule is O=C(Nc1ccnc(NC(=O)C2CC2)c1)c1ccccc1C(F)(F)F. The Balaban J connectivity index is 1.76. The zero-order valence-electron chi connectivity index (χ0n) is 12.9. The Hall–Kier alpha value is -2.90. The predicted molar refractivity (Wildman–Crippen MR) is 85.0 cm³/mol. The van der Waals surface area contributed by atoms with E-state index in [9.17, 15) is 22.8 Å². The first-order valence-electron chi connectivity index (χ1n) is 7.59. The van der Waals surface area contributed by atoms with Crippen molar-refractivity contribution in [1.29, 1.82) is 0 Å². The minimum atomic E-state index is -4.63. The van der Waals surface area contributed by atoms with Crippen molar-refractivity contribution in [1.82, 2.24) is 4.98 Å². The Morgan fingerprint density at radius 2 is 1.80 bits per heavy atom. The molecule has 0 saturated heterocycles. The summed E-state index contributed by atoms with van der Waals surface area (Å²) < 4.78 is 39.0. The van der Waals surface area contributed by atoms with E-state index in [0.717, 1.165) is 25.0 Å². The molecule has 1 heterocycles. The first-order valence-corrected chi connectivity index (χ1v) is 7.59. The lowest BCUT2D eigenvalue weighted by molar-refractivity contribution is -0.137. The first-order chi connectivity index (χ1) is 11.8. The highest BCUT2D eigenvalue weighted by Crippen LogP contribution is 2.32. The third-order valence-corrected chi connectivity index (χ3v) is 3.69. The molecule has 130 valence electrons. The highest BCUT2D eigenvalue weighted by atomic mass is 19.4. The van der Waals surface area contributed by atoms with E-state index in [1.165, 1.54) is 30.5 Å². The molecule has 1 aromatic heterocycles. The molecular weight excluding hydrogens is 335 g/mol. The molecule has 2 aromatic rings. The molecule has 3 rings (SSSR count). The van der Waals surface area contributed by atoms with Crippen molar-refractivity contribution in [2.75, 3.05) is 10.6 Å². The number of pyridine rings is 1. The Morgan fingerprint density at radius 1 is 1.08 bits per heavy atom. The van der Waals surface area contributed by atoms with E-state index >= 15 is 0 Å². The van der Waals surface area contributed by atoms with Gasteiger partial charge in [-0.05, 0) is 31.0 Å². The summed E-state index contributed by atoms with van der Waals surface area (Å²) in [5.41, 5.74) is -1.25. The molecule has 5 nitrogen and oxygen atoms in total. The number of carbonyl (C=O) groups excluding carboxylic acids is 2. The number of anilines is 2. The van der Waals surface area contributed by atoms with Gasteiger partial charge in [-0.15, -0.1) is 0 Å². The maximum absolute atomic E-state index is 13.0. The number of hydrogen-bond donors (Lipinski definition) is 2. The van der Waals surface area contributed by atoms with Gasteiger partial charge < -0.3 is 10.6 Å². The molecule has 2 amide bonds. The second kappa shape index (κ2) is 6.54. The van der Waals surface area contributed by atoms with Gasteiger partial charge in [0, 0.05) is 23.9 Å². The smallest absolute Gasteiger partial charge is 0.322 e. The summed E-state index contributed by atoms with van der Waals surface area (Å²) in [7, 11) is 0. The summed E-state index contributed by atoms with van der Waals surface area (Å²) in [6.45, 7) is 0. The molecule has 2 N–H and O–H groups in total. The number of alkyl halides is 3. The monoisotopic (exact) mass is 349 g/mol. The molecule has 8 heteroatoms. The molecule has 25 heavy (non-hydrogen) atoms. The number of nitrogens with one attached hydrogen (secondary N) is 2. The fraction of sp³-hybridized carbons (Fsp3) is 0.235. The van der Waals surface area contributed by atoms with Crippen molar-refractivity contribution in [2.45, 2.75) is 19.0 Å². The van der Waals surface area contributed by atoms with Gasteiger partial charge in [0.2, 0.25) is 5.91 Å². The summed E-state index contributed by atoms with van der Waals surface area (Å²) in [6, 6.07) is 7.36. The summed E-state index contributed by atoms with van der Waals surface area (Å²) >= 11 is 0. The number of carbonyl (C=O) groups is 2. The lowest BCUT2D eigenvalue weighted by atomic mass is 10.1. The highest BCUT2D eigenvalue weighted by molar-refractivity contribution is 6.05. The maximum Gasteiger partial charge on any atom is 0.417 e. The second-order valence-corrected chi connectivity index (χ2v) is 5.69. The molecule has 1 fully saturated rings. The van der Waals surface area contributed by atoms with E-state index in [-0.39, 0.29) is 23.3 Å². The Kier molecular flexibility index (Phi) is 4.43. The number of aromatic nitrogens is 1. The van der Waals surface area contributed by atoms with Crippen molar-refractivity contribution in [2.24, 2.45) is 5.92 Å². The van der Waals surface area contributed by atoms with E-state index in [0.29, 0.717) is 0 Å². The van der Waals surface area contributed by atoms with Crippen LogP contribution in [0.3, 0.4) is 0 Å². The topological polar surface area (TPSA) is 71.1 Å². The second-order valence-electron chi connectivity index (χ2n) is 5.69. The highest BCUT2D eigenvalue weighted by Gasteiger charge is 2.35. The number of amides is 2. The molecule has 0 spiro atoms. The Morgan fingerprint density at radius 3 is 2.48 bits per heavy atom. The van der Waals surface area contributed by atoms with E-state index in [1.54, 1.807) is 0 Å². The van der Waals surface area contributed by atoms with Gasteiger partial charge >= 0.3 is 6.18 Å². The van der Waals surface area contributed by atoms with Gasteiger partial charge in [-0.1, -0.05) is 12.1 Å². The lowest BCUT2D eigenvalue weighted by Gasteiger charge is -2.13. The van der Waals surface area contributed by atoms with Crippen LogP contribution in [0.5, 0.6) is 0 Å². The van der Waals surface area contributed by atoms with E-state index in [1.807, 2.05) is 0 Å². The zero-order valence-corrected chi connectivity index (χ0v) is 12.9. The average Bonchev–Trinajstić information content (AvgIpc) is 3.39. The van der Waals surface area contributed by atoms with Crippen molar-refractivity contribution in [3.05, 3.63) is 53.7 Å². The van der Waals surface area contributed by atoms with Gasteiger partial charge in [-0.3, -0.25) is 9.59 Å². The van der Waals surface area contributed by atoms with Crippen LogP contribution in [0.4, 0.5) is 24.7 Å². The van der Waals surface area contributed by atoms with Crippen LogP contribution in [0.15, 0.2) is 42.6 Å². The molecular formula is C17H14F3N3O2. The number of halogens is 3. The molecule has 1 aliphatic rings. The van der Waals surface area contributed by atoms with Crippen molar-refractivity contribution in [3.8, 4) is 0 Å². The summed E-state index contributed by atoms with van der Waals surface area (Å²) in [4.78, 5) is 27.9. The number of hydrogen-bond acceptors (Lipinski definition) is 3. The van der Waals surface area contributed by atoms with Gasteiger partial charge in [0.05, 0.1) is 11.1 Å². The van der Waals surface area contributed by atoms with E-state index in [4.69, 9.17) is 0 Å². The van der Waals surface area contributed by atoms with Crippen LogP contribution in [0, 0.1) is 5.92 Å². The molecule has 0 radical (unpaired) electrons. The number of nitrogens with zero attached hydrogens (tertiary/aromatic N) is 1. The Bertz CT molecular complexity index is 817. The number of rotatable bonds is 4. The lowest BCUT2D eigenvalue weighted by Crippen LogP contribution is -2.19. The zero-order chi connectivity index (χ0) is 18.0. The van der Waals surface area contributed by atoms with Crippen LogP contribution >= 0.6 is 0 Å². The molecule has 0 aliphatic heterocycles. The summed E-state index contributed by atoms with van der Waals surface area (Å²) in [6.07, 6.45) is -1.61. The third-order valence-electron chi connectivity index (χ3n) is 3.69. The van der Waals surface area contributed by atoms with Crippen molar-refractivity contribution < 1.29 is 22.8 Å². The third kappa shape index (κ3) is 4.14. The standard InChI is InChI=1S/C17H14F3N3O2/c18-17(19,20)13-4-2-1-3-12(13)16(25)22-11-7-8-21-14(9-11)23-15(24)10-5-6-10/h1-4,7-10H,5-6H2,(H2,21,22,23,24,25). The average molecular weight is 349 g/mol. The fourth-order valence-electron chi connectivity index (χ4n) is 2.28. The summed E-state index contributed by atoms with van der Waals surface area (Å²) in [5, 5.41) is 5.01. The number of benzene rings is 1. The fourth-order valence-corrected chi connectivity index (χ4v) is 2.28. The minimum absolute atomic E-state index is 0.0151. The van der Waals surface area contributed by atoms with Crippen molar-refractivity contribution >= 4 is 23.3 Å². The summed E-state index contributed by atoms with van der Waals surface area (Å²) in [5.74, 6) is -0.825. The molecule has 0 bridgehead atoms. The van der Waals surface area contributed by atoms with E-state index in [2.05, 4.69) is 15.6 Å². The molecule has 1 aromatic carbocycles. The normalized spacial score (nSPS) is 14.0. The van der Waals surface area contributed by atoms with Crippen molar-refractivity contribution in [3.63, 3.8) is 0 Å². The quantitative estimate of drug-likeness (QED) is 0.884. The van der Waals surface area contributed by atoms with E-state index < -0.39 is 23.2 Å². The van der Waals surface area contributed by atoms with Gasteiger partial charge in [0.1, 0.15) is 5.82 Å². The van der Waals surface area contributed by atoms with Crippen LogP contribution in [0.2, 0.25) is 0 Å².